The molecule has 0 bridgehead atoms. The molecule has 1 fully saturated rings. The van der Waals surface area contributed by atoms with Crippen LogP contribution in [0.1, 0.15) is 32.1 Å². The first kappa shape index (κ1) is 10.9. The monoisotopic (exact) mass is 224 g/mol. The number of aromatic nitrogens is 2. The van der Waals surface area contributed by atoms with E-state index < -0.39 is 4.92 Å². The number of nitro groups is 1. The van der Waals surface area contributed by atoms with E-state index in [1.807, 2.05) is 0 Å². The molecule has 6 heteroatoms. The zero-order valence-electron chi connectivity index (χ0n) is 9.11. The second-order valence-electron chi connectivity index (χ2n) is 4.26. The predicted octanol–water partition coefficient (Wildman–Crippen LogP) is 2.31. The summed E-state index contributed by atoms with van der Waals surface area (Å²) < 4.78 is 0. The molecule has 2 N–H and O–H groups in total. The number of rotatable bonds is 5. The van der Waals surface area contributed by atoms with Crippen molar-refractivity contribution in [3.63, 3.8) is 0 Å². The number of hydrogen-bond acceptors (Lipinski definition) is 4. The Balaban J connectivity index is 1.80. The van der Waals surface area contributed by atoms with E-state index in [9.17, 15) is 10.1 Å². The molecule has 1 aliphatic rings. The summed E-state index contributed by atoms with van der Waals surface area (Å²) in [5.74, 6) is 0.741. The summed E-state index contributed by atoms with van der Waals surface area (Å²) in [6.07, 6.45) is 7.81. The average molecular weight is 224 g/mol. The van der Waals surface area contributed by atoms with E-state index in [-0.39, 0.29) is 5.82 Å². The fourth-order valence-electron chi connectivity index (χ4n) is 2.26. The summed E-state index contributed by atoms with van der Waals surface area (Å²) >= 11 is 0. The molecule has 0 aromatic carbocycles. The molecule has 1 aromatic rings. The third-order valence-electron chi connectivity index (χ3n) is 3.14. The maximum Gasteiger partial charge on any atom is 0.366 e. The Morgan fingerprint density at radius 3 is 3.00 bits per heavy atom. The predicted molar refractivity (Wildman–Crippen MR) is 60.3 cm³/mol. The van der Waals surface area contributed by atoms with Crippen LogP contribution in [0.25, 0.3) is 0 Å². The molecule has 2 rings (SSSR count). The minimum atomic E-state index is -0.453. The molecular weight excluding hydrogens is 208 g/mol. The molecule has 88 valence electrons. The molecule has 0 aliphatic heterocycles. The minimum Gasteiger partial charge on any atom is -0.377 e. The van der Waals surface area contributed by atoms with Crippen LogP contribution >= 0.6 is 0 Å². The Bertz CT molecular complexity index is 357. The Kier molecular flexibility index (Phi) is 3.38. The fraction of sp³-hybridized carbons (Fsp3) is 0.700. The van der Waals surface area contributed by atoms with Gasteiger partial charge in [0, 0.05) is 6.54 Å². The standard InChI is InChI=1S/C10H16N4O2/c15-14(16)10-9(7-12-13-10)11-6-5-8-3-1-2-4-8/h7-8,11H,1-6H2,(H,12,13). The van der Waals surface area contributed by atoms with Gasteiger partial charge >= 0.3 is 5.82 Å². The Morgan fingerprint density at radius 1 is 1.56 bits per heavy atom. The molecule has 1 aliphatic carbocycles. The van der Waals surface area contributed by atoms with E-state index in [4.69, 9.17) is 0 Å². The van der Waals surface area contributed by atoms with Crippen molar-refractivity contribution >= 4 is 11.5 Å². The second-order valence-corrected chi connectivity index (χ2v) is 4.26. The van der Waals surface area contributed by atoms with Crippen molar-refractivity contribution in [1.29, 1.82) is 0 Å². The Hall–Kier alpha value is -1.59. The van der Waals surface area contributed by atoms with Crippen LogP contribution in [0.2, 0.25) is 0 Å². The maximum absolute atomic E-state index is 10.6. The van der Waals surface area contributed by atoms with E-state index >= 15 is 0 Å². The highest BCUT2D eigenvalue weighted by molar-refractivity contribution is 5.55. The molecule has 1 aromatic heterocycles. The van der Waals surface area contributed by atoms with Gasteiger partial charge in [0.05, 0.1) is 0 Å². The molecule has 0 atom stereocenters. The summed E-state index contributed by atoms with van der Waals surface area (Å²) in [6.45, 7) is 0.783. The fourth-order valence-corrected chi connectivity index (χ4v) is 2.26. The van der Waals surface area contributed by atoms with Gasteiger partial charge in [-0.15, -0.1) is 5.10 Å². The molecule has 0 amide bonds. The van der Waals surface area contributed by atoms with E-state index in [0.29, 0.717) is 5.69 Å². The Labute approximate surface area is 93.6 Å². The smallest absolute Gasteiger partial charge is 0.366 e. The van der Waals surface area contributed by atoms with Gasteiger partial charge in [-0.05, 0) is 17.3 Å². The van der Waals surface area contributed by atoms with E-state index in [1.54, 1.807) is 0 Å². The first-order valence-electron chi connectivity index (χ1n) is 5.69. The third-order valence-corrected chi connectivity index (χ3v) is 3.14. The van der Waals surface area contributed by atoms with Crippen LogP contribution in [0, 0.1) is 16.0 Å². The molecule has 1 heterocycles. The number of nitrogens with one attached hydrogen (secondary N) is 2. The van der Waals surface area contributed by atoms with Crippen molar-refractivity contribution in [2.24, 2.45) is 5.92 Å². The number of hydrogen-bond donors (Lipinski definition) is 2. The summed E-state index contributed by atoms with van der Waals surface area (Å²) in [4.78, 5) is 10.1. The van der Waals surface area contributed by atoms with Gasteiger partial charge in [0.2, 0.25) is 0 Å². The molecule has 0 radical (unpaired) electrons. The van der Waals surface area contributed by atoms with Crippen molar-refractivity contribution < 1.29 is 4.92 Å². The van der Waals surface area contributed by atoms with Crippen molar-refractivity contribution in [2.45, 2.75) is 32.1 Å². The number of nitrogens with zero attached hydrogens (tertiary/aromatic N) is 2. The van der Waals surface area contributed by atoms with Gasteiger partial charge in [-0.1, -0.05) is 30.8 Å². The van der Waals surface area contributed by atoms with Gasteiger partial charge in [0.25, 0.3) is 0 Å². The number of H-pyrrole nitrogens is 1. The highest BCUT2D eigenvalue weighted by Gasteiger charge is 2.17. The lowest BCUT2D eigenvalue weighted by Gasteiger charge is -2.09. The van der Waals surface area contributed by atoms with Gasteiger partial charge in [0.1, 0.15) is 6.20 Å². The lowest BCUT2D eigenvalue weighted by Crippen LogP contribution is -2.07. The van der Waals surface area contributed by atoms with Crippen LogP contribution in [0.3, 0.4) is 0 Å². The van der Waals surface area contributed by atoms with Crippen LogP contribution in [0.15, 0.2) is 6.20 Å². The van der Waals surface area contributed by atoms with Crippen molar-refractivity contribution in [3.05, 3.63) is 16.3 Å². The SMILES string of the molecule is O=[N+]([O-])c1[nH]ncc1NCCC1CCCC1. The summed E-state index contributed by atoms with van der Waals surface area (Å²) in [5, 5.41) is 19.7. The van der Waals surface area contributed by atoms with E-state index in [1.165, 1.54) is 31.9 Å². The summed E-state index contributed by atoms with van der Waals surface area (Å²) in [7, 11) is 0. The molecule has 0 spiro atoms. The highest BCUT2D eigenvalue weighted by Crippen LogP contribution is 2.28. The normalized spacial score (nSPS) is 16.5. The lowest BCUT2D eigenvalue weighted by molar-refractivity contribution is -0.388. The van der Waals surface area contributed by atoms with Crippen LogP contribution < -0.4 is 5.32 Å². The molecule has 1 saturated carbocycles. The zero-order valence-corrected chi connectivity index (χ0v) is 9.11. The van der Waals surface area contributed by atoms with Crippen LogP contribution in [0.4, 0.5) is 11.5 Å². The summed E-state index contributed by atoms with van der Waals surface area (Å²) in [6, 6.07) is 0. The number of anilines is 1. The van der Waals surface area contributed by atoms with Gasteiger partial charge in [-0.2, -0.15) is 0 Å². The van der Waals surface area contributed by atoms with Crippen molar-refractivity contribution in [3.8, 4) is 0 Å². The average Bonchev–Trinajstić information content (AvgIpc) is 2.87. The largest absolute Gasteiger partial charge is 0.377 e. The zero-order chi connectivity index (χ0) is 11.4. The second kappa shape index (κ2) is 4.96. The number of aromatic amines is 1. The van der Waals surface area contributed by atoms with Crippen molar-refractivity contribution in [1.82, 2.24) is 10.2 Å². The van der Waals surface area contributed by atoms with E-state index in [0.717, 1.165) is 18.9 Å². The van der Waals surface area contributed by atoms with Gasteiger partial charge < -0.3 is 15.4 Å². The molecule has 6 nitrogen and oxygen atoms in total. The van der Waals surface area contributed by atoms with Crippen LogP contribution in [-0.2, 0) is 0 Å². The van der Waals surface area contributed by atoms with Crippen LogP contribution in [-0.4, -0.2) is 21.7 Å². The molecule has 0 saturated heterocycles. The highest BCUT2D eigenvalue weighted by atomic mass is 16.6. The van der Waals surface area contributed by atoms with Gasteiger partial charge in [0.15, 0.2) is 5.69 Å². The van der Waals surface area contributed by atoms with Gasteiger partial charge in [-0.3, -0.25) is 0 Å². The van der Waals surface area contributed by atoms with Gasteiger partial charge in [-0.25, -0.2) is 0 Å². The third kappa shape index (κ3) is 2.50. The topological polar surface area (TPSA) is 83.8 Å². The van der Waals surface area contributed by atoms with Crippen molar-refractivity contribution in [2.75, 3.05) is 11.9 Å². The maximum atomic E-state index is 10.6. The Morgan fingerprint density at radius 2 is 2.31 bits per heavy atom. The quantitative estimate of drug-likeness (QED) is 0.593. The first-order chi connectivity index (χ1) is 7.77. The molecule has 0 unspecified atom stereocenters. The molecule has 16 heavy (non-hydrogen) atoms. The van der Waals surface area contributed by atoms with E-state index in [2.05, 4.69) is 15.5 Å². The molecular formula is C10H16N4O2. The minimum absolute atomic E-state index is 0.0496. The lowest BCUT2D eigenvalue weighted by atomic mass is 10.0. The first-order valence-corrected chi connectivity index (χ1v) is 5.69. The van der Waals surface area contributed by atoms with Crippen LogP contribution in [0.5, 0.6) is 0 Å². The summed E-state index contributed by atoms with van der Waals surface area (Å²) in [5.41, 5.74) is 0.489.